The molecule has 0 aliphatic rings. The second kappa shape index (κ2) is 6.04. The number of aromatic carboxylic acids is 1. The molecule has 1 N–H and O–H groups in total. The summed E-state index contributed by atoms with van der Waals surface area (Å²) in [6, 6.07) is 9.64. The molecule has 0 bridgehead atoms. The van der Waals surface area contributed by atoms with Crippen LogP contribution in [0.2, 0.25) is 0 Å². The molecule has 2 aromatic carbocycles. The zero-order valence-corrected chi connectivity index (χ0v) is 11.5. The van der Waals surface area contributed by atoms with Crippen molar-refractivity contribution in [1.29, 1.82) is 0 Å². The molecule has 0 aliphatic heterocycles. The molecule has 0 aromatic heterocycles. The molecule has 0 radical (unpaired) electrons. The Morgan fingerprint density at radius 1 is 1.14 bits per heavy atom. The van der Waals surface area contributed by atoms with Crippen LogP contribution in [0, 0.1) is 17.0 Å². The van der Waals surface area contributed by atoms with E-state index in [0.29, 0.717) is 5.56 Å². The van der Waals surface area contributed by atoms with Gasteiger partial charge in [0, 0.05) is 23.3 Å². The largest absolute Gasteiger partial charge is 0.545 e. The first kappa shape index (κ1) is 15.2. The average molecular weight is 299 g/mol. The molecule has 7 nitrogen and oxygen atoms in total. The molecule has 1 amide bonds. The van der Waals surface area contributed by atoms with Crippen LogP contribution in [0.3, 0.4) is 0 Å². The predicted molar refractivity (Wildman–Crippen MR) is 76.6 cm³/mol. The smallest absolute Gasteiger partial charge is 0.270 e. The first-order valence-corrected chi connectivity index (χ1v) is 6.27. The van der Waals surface area contributed by atoms with Crippen molar-refractivity contribution >= 4 is 23.3 Å². The first-order valence-electron chi connectivity index (χ1n) is 6.27. The maximum atomic E-state index is 12.2. The molecular weight excluding hydrogens is 288 g/mol. The lowest BCUT2D eigenvalue weighted by molar-refractivity contribution is -0.384. The minimum absolute atomic E-state index is 0.0572. The number of carboxylic acid groups (broad SMARTS) is 1. The second-order valence-corrected chi connectivity index (χ2v) is 4.55. The molecule has 112 valence electrons. The fourth-order valence-electron chi connectivity index (χ4n) is 1.95. The van der Waals surface area contributed by atoms with Gasteiger partial charge in [-0.25, -0.2) is 0 Å². The number of para-hydroxylation sites is 1. The molecule has 2 aromatic rings. The quantitative estimate of drug-likeness (QED) is 0.679. The van der Waals surface area contributed by atoms with Gasteiger partial charge in [-0.15, -0.1) is 0 Å². The van der Waals surface area contributed by atoms with E-state index in [1.165, 1.54) is 30.3 Å². The van der Waals surface area contributed by atoms with E-state index in [1.54, 1.807) is 13.0 Å². The number of nitrogens with zero attached hydrogens (tertiary/aromatic N) is 1. The van der Waals surface area contributed by atoms with E-state index < -0.39 is 16.8 Å². The monoisotopic (exact) mass is 299 g/mol. The fourth-order valence-corrected chi connectivity index (χ4v) is 1.95. The molecule has 7 heteroatoms. The zero-order valence-electron chi connectivity index (χ0n) is 11.5. The summed E-state index contributed by atoms with van der Waals surface area (Å²) in [6.07, 6.45) is 0. The van der Waals surface area contributed by atoms with Crippen LogP contribution in [0.4, 0.5) is 11.4 Å². The van der Waals surface area contributed by atoms with Gasteiger partial charge in [-0.1, -0.05) is 24.3 Å². The Balaban J connectivity index is 2.36. The SMILES string of the molecule is Cc1cccc(C(=O)[O-])c1NC(=O)c1cccc([N+](=O)[O-])c1. The van der Waals surface area contributed by atoms with Crippen molar-refractivity contribution in [3.05, 3.63) is 69.3 Å². The molecule has 0 fully saturated rings. The van der Waals surface area contributed by atoms with Crippen molar-refractivity contribution in [3.8, 4) is 0 Å². The minimum atomic E-state index is -1.42. The van der Waals surface area contributed by atoms with E-state index in [-0.39, 0.29) is 22.5 Å². The van der Waals surface area contributed by atoms with Gasteiger partial charge in [-0.05, 0) is 18.6 Å². The van der Waals surface area contributed by atoms with E-state index in [1.807, 2.05) is 0 Å². The van der Waals surface area contributed by atoms with Crippen LogP contribution in [0.5, 0.6) is 0 Å². The first-order chi connectivity index (χ1) is 10.4. The number of hydrogen-bond donors (Lipinski definition) is 1. The highest BCUT2D eigenvalue weighted by atomic mass is 16.6. The lowest BCUT2D eigenvalue weighted by Gasteiger charge is -2.14. The van der Waals surface area contributed by atoms with Gasteiger partial charge in [-0.2, -0.15) is 0 Å². The number of aryl methyl sites for hydroxylation is 1. The van der Waals surface area contributed by atoms with Crippen molar-refractivity contribution in [1.82, 2.24) is 0 Å². The van der Waals surface area contributed by atoms with Crippen LogP contribution >= 0.6 is 0 Å². The van der Waals surface area contributed by atoms with Crippen molar-refractivity contribution < 1.29 is 19.6 Å². The molecule has 0 saturated heterocycles. The van der Waals surface area contributed by atoms with Crippen LogP contribution < -0.4 is 10.4 Å². The normalized spacial score (nSPS) is 10.0. The molecule has 0 atom stereocenters. The van der Waals surface area contributed by atoms with Gasteiger partial charge in [0.05, 0.1) is 16.6 Å². The Kier molecular flexibility index (Phi) is 4.17. The molecule has 0 aliphatic carbocycles. The Hall–Kier alpha value is -3.22. The number of carboxylic acids is 1. The number of carbonyl (C=O) groups excluding carboxylic acids is 2. The molecule has 22 heavy (non-hydrogen) atoms. The van der Waals surface area contributed by atoms with E-state index in [2.05, 4.69) is 5.32 Å². The van der Waals surface area contributed by atoms with E-state index >= 15 is 0 Å². The summed E-state index contributed by atoms with van der Waals surface area (Å²) >= 11 is 0. The number of carbonyl (C=O) groups is 2. The van der Waals surface area contributed by atoms with Gasteiger partial charge in [-0.3, -0.25) is 14.9 Å². The minimum Gasteiger partial charge on any atom is -0.545 e. The Labute approximate surface area is 125 Å². The number of benzene rings is 2. The van der Waals surface area contributed by atoms with Gasteiger partial charge in [0.25, 0.3) is 11.6 Å². The molecule has 0 saturated carbocycles. The summed E-state index contributed by atoms with van der Waals surface area (Å²) in [5.74, 6) is -2.06. The van der Waals surface area contributed by atoms with Crippen LogP contribution in [-0.2, 0) is 0 Å². The van der Waals surface area contributed by atoms with Gasteiger partial charge in [0.15, 0.2) is 0 Å². The molecule has 0 spiro atoms. The van der Waals surface area contributed by atoms with E-state index in [4.69, 9.17) is 0 Å². The predicted octanol–water partition coefficient (Wildman–Crippen LogP) is 1.52. The van der Waals surface area contributed by atoms with Crippen LogP contribution in [0.1, 0.15) is 26.3 Å². The van der Waals surface area contributed by atoms with Crippen molar-refractivity contribution in [2.45, 2.75) is 6.92 Å². The zero-order chi connectivity index (χ0) is 16.3. The third-order valence-electron chi connectivity index (χ3n) is 3.05. The Morgan fingerprint density at radius 3 is 2.45 bits per heavy atom. The standard InChI is InChI=1S/C15H12N2O5/c1-9-4-2-7-12(15(19)20)13(9)16-14(18)10-5-3-6-11(8-10)17(21)22/h2-8H,1H3,(H,16,18)(H,19,20)/p-1. The number of rotatable bonds is 4. The average Bonchev–Trinajstić information content (AvgIpc) is 2.49. The van der Waals surface area contributed by atoms with Gasteiger partial charge >= 0.3 is 0 Å². The number of nitro benzene ring substituents is 1. The van der Waals surface area contributed by atoms with Crippen LogP contribution in [-0.4, -0.2) is 16.8 Å². The number of non-ortho nitro benzene ring substituents is 1. The van der Waals surface area contributed by atoms with Crippen molar-refractivity contribution in [3.63, 3.8) is 0 Å². The maximum Gasteiger partial charge on any atom is 0.270 e. The molecule has 0 unspecified atom stereocenters. The number of nitrogens with one attached hydrogen (secondary N) is 1. The van der Waals surface area contributed by atoms with Gasteiger partial charge < -0.3 is 15.2 Å². The van der Waals surface area contributed by atoms with Gasteiger partial charge in [0.1, 0.15) is 0 Å². The molecular formula is C15H11N2O5-. The maximum absolute atomic E-state index is 12.2. The summed E-state index contributed by atoms with van der Waals surface area (Å²) in [5.41, 5.74) is 0.331. The Bertz CT molecular complexity index is 770. The highest BCUT2D eigenvalue weighted by molar-refractivity contribution is 6.08. The molecule has 2 rings (SSSR count). The highest BCUT2D eigenvalue weighted by Crippen LogP contribution is 2.21. The third-order valence-corrected chi connectivity index (χ3v) is 3.05. The fraction of sp³-hybridized carbons (Fsp3) is 0.0667. The van der Waals surface area contributed by atoms with Crippen LogP contribution in [0.25, 0.3) is 0 Å². The summed E-state index contributed by atoms with van der Waals surface area (Å²) in [7, 11) is 0. The number of anilines is 1. The number of nitro groups is 1. The number of hydrogen-bond acceptors (Lipinski definition) is 5. The number of amides is 1. The second-order valence-electron chi connectivity index (χ2n) is 4.55. The van der Waals surface area contributed by atoms with E-state index in [9.17, 15) is 24.8 Å². The Morgan fingerprint density at radius 2 is 1.82 bits per heavy atom. The highest BCUT2D eigenvalue weighted by Gasteiger charge is 2.14. The molecule has 0 heterocycles. The van der Waals surface area contributed by atoms with Crippen molar-refractivity contribution in [2.24, 2.45) is 0 Å². The van der Waals surface area contributed by atoms with E-state index in [0.717, 1.165) is 6.07 Å². The topological polar surface area (TPSA) is 112 Å². The summed E-state index contributed by atoms with van der Waals surface area (Å²) in [6.45, 7) is 1.63. The lowest BCUT2D eigenvalue weighted by Crippen LogP contribution is -2.25. The summed E-state index contributed by atoms with van der Waals surface area (Å²) in [4.78, 5) is 33.4. The van der Waals surface area contributed by atoms with Gasteiger partial charge in [0.2, 0.25) is 0 Å². The summed E-state index contributed by atoms with van der Waals surface area (Å²) < 4.78 is 0. The summed E-state index contributed by atoms with van der Waals surface area (Å²) in [5, 5.41) is 24.3. The van der Waals surface area contributed by atoms with Crippen molar-refractivity contribution in [2.75, 3.05) is 5.32 Å². The van der Waals surface area contributed by atoms with Crippen LogP contribution in [0.15, 0.2) is 42.5 Å². The third kappa shape index (κ3) is 3.09. The lowest BCUT2D eigenvalue weighted by atomic mass is 10.1.